The monoisotopic (exact) mass is 213 g/mol. The Morgan fingerprint density at radius 2 is 2.07 bits per heavy atom. The molecule has 2 nitrogen and oxygen atoms in total. The van der Waals surface area contributed by atoms with Gasteiger partial charge in [-0.05, 0) is 39.7 Å². The second-order valence-corrected chi connectivity index (χ2v) is 4.48. The summed E-state index contributed by atoms with van der Waals surface area (Å²) in [6.07, 6.45) is 3.19. The molecule has 2 atom stereocenters. The molecule has 1 N–H and O–H groups in total. The average Bonchev–Trinajstić information content (AvgIpc) is 2.22. The van der Waals surface area contributed by atoms with E-state index in [1.165, 1.54) is 5.57 Å². The van der Waals surface area contributed by atoms with Crippen LogP contribution in [0.4, 0.5) is 0 Å². The Balaban J connectivity index is 4.40. The Morgan fingerprint density at radius 3 is 2.40 bits per heavy atom. The fourth-order valence-electron chi connectivity index (χ4n) is 1.79. The maximum absolute atomic E-state index is 5.64. The van der Waals surface area contributed by atoms with Crippen LogP contribution in [-0.4, -0.2) is 25.3 Å². The van der Waals surface area contributed by atoms with Crippen LogP contribution in [0.15, 0.2) is 12.2 Å². The molecular weight excluding hydrogens is 186 g/mol. The van der Waals surface area contributed by atoms with Crippen molar-refractivity contribution in [2.24, 2.45) is 0 Å². The average molecular weight is 213 g/mol. The summed E-state index contributed by atoms with van der Waals surface area (Å²) >= 11 is 0. The lowest BCUT2D eigenvalue weighted by Gasteiger charge is -2.36. The molecule has 0 aliphatic rings. The summed E-state index contributed by atoms with van der Waals surface area (Å²) in [7, 11) is 1.80. The molecule has 15 heavy (non-hydrogen) atoms. The molecule has 0 radical (unpaired) electrons. The molecule has 2 heteroatoms. The van der Waals surface area contributed by atoms with Crippen LogP contribution in [0, 0.1) is 0 Å². The second kappa shape index (κ2) is 7.02. The summed E-state index contributed by atoms with van der Waals surface area (Å²) in [4.78, 5) is 0. The number of rotatable bonds is 8. The molecule has 0 bridgehead atoms. The number of hydrogen-bond acceptors (Lipinski definition) is 2. The molecule has 0 spiro atoms. The van der Waals surface area contributed by atoms with E-state index >= 15 is 0 Å². The maximum Gasteiger partial charge on any atom is 0.0800 e. The van der Waals surface area contributed by atoms with E-state index in [0.717, 1.165) is 25.8 Å². The zero-order chi connectivity index (χ0) is 11.9. The fourth-order valence-corrected chi connectivity index (χ4v) is 1.79. The van der Waals surface area contributed by atoms with E-state index in [4.69, 9.17) is 4.74 Å². The van der Waals surface area contributed by atoms with Gasteiger partial charge in [-0.15, -0.1) is 6.58 Å². The highest BCUT2D eigenvalue weighted by atomic mass is 16.5. The molecule has 0 saturated carbocycles. The molecule has 0 heterocycles. The van der Waals surface area contributed by atoms with Crippen LogP contribution in [-0.2, 0) is 4.74 Å². The zero-order valence-corrected chi connectivity index (χ0v) is 11.0. The first-order valence-corrected chi connectivity index (χ1v) is 5.93. The van der Waals surface area contributed by atoms with Crippen LogP contribution in [0.2, 0.25) is 0 Å². The van der Waals surface area contributed by atoms with E-state index in [1.807, 2.05) is 0 Å². The number of methoxy groups -OCH3 is 1. The normalized spacial score (nSPS) is 17.1. The fraction of sp³-hybridized carbons (Fsp3) is 0.846. The van der Waals surface area contributed by atoms with Gasteiger partial charge in [0.25, 0.3) is 0 Å². The van der Waals surface area contributed by atoms with Crippen molar-refractivity contribution in [2.45, 2.75) is 58.6 Å². The molecule has 0 rings (SSSR count). The van der Waals surface area contributed by atoms with E-state index in [2.05, 4.69) is 39.6 Å². The molecular formula is C13H27NO. The molecule has 0 saturated heterocycles. The van der Waals surface area contributed by atoms with Crippen molar-refractivity contribution in [2.75, 3.05) is 13.7 Å². The first-order chi connectivity index (χ1) is 7.00. The number of allylic oxidation sites excluding steroid dienone is 1. The van der Waals surface area contributed by atoms with Crippen LogP contribution in [0.3, 0.4) is 0 Å². The van der Waals surface area contributed by atoms with Gasteiger partial charge in [-0.2, -0.15) is 0 Å². The minimum atomic E-state index is -0.0640. The summed E-state index contributed by atoms with van der Waals surface area (Å²) in [6.45, 7) is 13.5. The van der Waals surface area contributed by atoms with Crippen LogP contribution in [0.25, 0.3) is 0 Å². The molecule has 0 fully saturated rings. The van der Waals surface area contributed by atoms with Crippen molar-refractivity contribution in [1.29, 1.82) is 0 Å². The van der Waals surface area contributed by atoms with E-state index in [0.29, 0.717) is 6.04 Å². The summed E-state index contributed by atoms with van der Waals surface area (Å²) in [6, 6.07) is 0.411. The van der Waals surface area contributed by atoms with Gasteiger partial charge >= 0.3 is 0 Å². The first kappa shape index (κ1) is 14.7. The molecule has 0 aliphatic heterocycles. The van der Waals surface area contributed by atoms with Crippen molar-refractivity contribution in [3.8, 4) is 0 Å². The smallest absolute Gasteiger partial charge is 0.0800 e. The first-order valence-electron chi connectivity index (χ1n) is 5.93. The van der Waals surface area contributed by atoms with Gasteiger partial charge in [0.05, 0.1) is 5.60 Å². The Labute approximate surface area is 95.1 Å². The van der Waals surface area contributed by atoms with Crippen molar-refractivity contribution >= 4 is 0 Å². The second-order valence-electron chi connectivity index (χ2n) is 4.48. The predicted molar refractivity (Wildman–Crippen MR) is 67.2 cm³/mol. The molecule has 0 aliphatic carbocycles. The maximum atomic E-state index is 5.64. The van der Waals surface area contributed by atoms with Gasteiger partial charge in [-0.3, -0.25) is 0 Å². The highest BCUT2D eigenvalue weighted by molar-refractivity contribution is 4.94. The van der Waals surface area contributed by atoms with Crippen LogP contribution in [0.1, 0.15) is 47.0 Å². The SMILES string of the molecule is C=C(C)CCC(NCC)C(C)(CC)OC. The number of hydrogen-bond donors (Lipinski definition) is 1. The third kappa shape index (κ3) is 4.80. The van der Waals surface area contributed by atoms with Crippen LogP contribution >= 0.6 is 0 Å². The van der Waals surface area contributed by atoms with E-state index < -0.39 is 0 Å². The van der Waals surface area contributed by atoms with Crippen LogP contribution in [0.5, 0.6) is 0 Å². The third-order valence-corrected chi connectivity index (χ3v) is 3.22. The quantitative estimate of drug-likeness (QED) is 0.625. The highest BCUT2D eigenvalue weighted by Gasteiger charge is 2.31. The van der Waals surface area contributed by atoms with E-state index in [1.54, 1.807) is 7.11 Å². The lowest BCUT2D eigenvalue weighted by atomic mass is 9.89. The van der Waals surface area contributed by atoms with Crippen LogP contribution < -0.4 is 5.32 Å². The van der Waals surface area contributed by atoms with Crippen molar-refractivity contribution in [3.05, 3.63) is 12.2 Å². The van der Waals surface area contributed by atoms with Crippen molar-refractivity contribution in [1.82, 2.24) is 5.32 Å². The molecule has 2 unspecified atom stereocenters. The lowest BCUT2D eigenvalue weighted by molar-refractivity contribution is -0.0305. The zero-order valence-electron chi connectivity index (χ0n) is 11.0. The van der Waals surface area contributed by atoms with Gasteiger partial charge in [0, 0.05) is 13.2 Å². The third-order valence-electron chi connectivity index (χ3n) is 3.22. The van der Waals surface area contributed by atoms with Crippen molar-refractivity contribution in [3.63, 3.8) is 0 Å². The van der Waals surface area contributed by atoms with Crippen molar-refractivity contribution < 1.29 is 4.74 Å². The Hall–Kier alpha value is -0.340. The molecule has 0 aromatic rings. The summed E-state index contributed by atoms with van der Waals surface area (Å²) in [5.41, 5.74) is 1.18. The Bertz CT molecular complexity index is 185. The van der Waals surface area contributed by atoms with E-state index in [-0.39, 0.29) is 5.60 Å². The van der Waals surface area contributed by atoms with Gasteiger partial charge in [0.2, 0.25) is 0 Å². The molecule has 0 amide bonds. The lowest BCUT2D eigenvalue weighted by Crippen LogP contribution is -2.49. The van der Waals surface area contributed by atoms with Gasteiger partial charge < -0.3 is 10.1 Å². The highest BCUT2D eigenvalue weighted by Crippen LogP contribution is 2.23. The molecule has 0 aromatic heterocycles. The topological polar surface area (TPSA) is 21.3 Å². The predicted octanol–water partition coefficient (Wildman–Crippen LogP) is 3.14. The number of nitrogens with one attached hydrogen (secondary N) is 1. The number of likely N-dealkylation sites (N-methyl/N-ethyl adjacent to an activating group) is 1. The standard InChI is InChI=1S/C13H27NO/c1-7-13(5,15-6)12(14-8-2)10-9-11(3)4/h12,14H,3,7-10H2,1-2,4-6H3. The van der Waals surface area contributed by atoms with Gasteiger partial charge in [-0.25, -0.2) is 0 Å². The summed E-state index contributed by atoms with van der Waals surface area (Å²) < 4.78 is 5.64. The number of ether oxygens (including phenoxy) is 1. The molecule has 90 valence electrons. The Kier molecular flexibility index (Phi) is 6.86. The largest absolute Gasteiger partial charge is 0.377 e. The molecule has 0 aromatic carbocycles. The minimum Gasteiger partial charge on any atom is -0.377 e. The Morgan fingerprint density at radius 1 is 1.47 bits per heavy atom. The van der Waals surface area contributed by atoms with Gasteiger partial charge in [0.1, 0.15) is 0 Å². The van der Waals surface area contributed by atoms with Gasteiger partial charge in [-0.1, -0.05) is 19.4 Å². The minimum absolute atomic E-state index is 0.0640. The summed E-state index contributed by atoms with van der Waals surface area (Å²) in [5.74, 6) is 0. The summed E-state index contributed by atoms with van der Waals surface area (Å²) in [5, 5.41) is 3.51. The van der Waals surface area contributed by atoms with Gasteiger partial charge in [0.15, 0.2) is 0 Å². The van der Waals surface area contributed by atoms with E-state index in [9.17, 15) is 0 Å².